The third-order valence-corrected chi connectivity index (χ3v) is 4.25. The summed E-state index contributed by atoms with van der Waals surface area (Å²) in [5.41, 5.74) is 4.70. The molecular formula is C20H25IN2O2. The fourth-order valence-corrected chi connectivity index (χ4v) is 3.07. The number of aliphatic hydroxyl groups is 1. The Bertz CT molecular complexity index is 845. The van der Waals surface area contributed by atoms with Crippen LogP contribution in [0.2, 0.25) is 0 Å². The van der Waals surface area contributed by atoms with Crippen molar-refractivity contribution in [3.05, 3.63) is 59.9 Å². The predicted octanol–water partition coefficient (Wildman–Crippen LogP) is -0.219. The van der Waals surface area contributed by atoms with Gasteiger partial charge in [0, 0.05) is 0 Å². The molecule has 0 saturated heterocycles. The van der Waals surface area contributed by atoms with Gasteiger partial charge in [-0.1, -0.05) is 25.1 Å². The average Bonchev–Trinajstić information content (AvgIpc) is 2.89. The van der Waals surface area contributed by atoms with E-state index in [-0.39, 0.29) is 30.6 Å². The maximum atomic E-state index is 10.4. The van der Waals surface area contributed by atoms with Gasteiger partial charge < -0.3 is 33.8 Å². The van der Waals surface area contributed by atoms with Crippen LogP contribution in [0, 0.1) is 6.92 Å². The molecule has 5 heteroatoms. The second-order valence-electron chi connectivity index (χ2n) is 6.34. The number of fused-ring (bicyclic) bond motifs is 1. The minimum absolute atomic E-state index is 0. The predicted molar refractivity (Wildman–Crippen MR) is 95.2 cm³/mol. The zero-order valence-corrected chi connectivity index (χ0v) is 17.1. The second-order valence-corrected chi connectivity index (χ2v) is 6.34. The van der Waals surface area contributed by atoms with Gasteiger partial charge >= 0.3 is 0 Å². The largest absolute Gasteiger partial charge is 1.00 e. The number of aryl methyl sites for hydroxylation is 3. The Hall–Kier alpha value is -1.60. The third kappa shape index (κ3) is 4.73. The van der Waals surface area contributed by atoms with E-state index in [1.807, 2.05) is 37.6 Å². The molecule has 0 spiro atoms. The van der Waals surface area contributed by atoms with Crippen LogP contribution in [0.5, 0.6) is 5.75 Å². The smallest absolute Gasteiger partial charge is 0.244 e. The highest BCUT2D eigenvalue weighted by molar-refractivity contribution is 5.71. The van der Waals surface area contributed by atoms with Gasteiger partial charge in [-0.25, -0.2) is 9.13 Å². The van der Waals surface area contributed by atoms with Crippen molar-refractivity contribution in [2.75, 3.05) is 6.61 Å². The topological polar surface area (TPSA) is 38.3 Å². The van der Waals surface area contributed by atoms with E-state index in [0.29, 0.717) is 6.54 Å². The van der Waals surface area contributed by atoms with Crippen LogP contribution >= 0.6 is 0 Å². The highest BCUT2D eigenvalue weighted by atomic mass is 127. The van der Waals surface area contributed by atoms with Crippen LogP contribution in [0.15, 0.2) is 48.8 Å². The van der Waals surface area contributed by atoms with Gasteiger partial charge in [-0.15, -0.1) is 0 Å². The van der Waals surface area contributed by atoms with Gasteiger partial charge in [-0.2, -0.15) is 0 Å². The Morgan fingerprint density at radius 2 is 1.96 bits per heavy atom. The highest BCUT2D eigenvalue weighted by Gasteiger charge is 2.16. The van der Waals surface area contributed by atoms with Crippen molar-refractivity contribution >= 4 is 11.0 Å². The number of nitrogens with zero attached hydrogens (tertiary/aromatic N) is 2. The lowest BCUT2D eigenvalue weighted by Gasteiger charge is -2.12. The quantitative estimate of drug-likeness (QED) is 0.415. The first-order valence-corrected chi connectivity index (χ1v) is 8.41. The van der Waals surface area contributed by atoms with Gasteiger partial charge in [-0.3, -0.25) is 0 Å². The molecule has 0 amide bonds. The van der Waals surface area contributed by atoms with Gasteiger partial charge in [-0.05, 0) is 48.7 Å². The summed E-state index contributed by atoms with van der Waals surface area (Å²) in [7, 11) is 2.01. The van der Waals surface area contributed by atoms with Crippen LogP contribution in [0.3, 0.4) is 0 Å². The molecule has 1 aromatic heterocycles. The first-order valence-electron chi connectivity index (χ1n) is 8.41. The zero-order valence-electron chi connectivity index (χ0n) is 14.9. The van der Waals surface area contributed by atoms with Crippen molar-refractivity contribution in [2.45, 2.75) is 32.9 Å². The summed E-state index contributed by atoms with van der Waals surface area (Å²) in [6.07, 6.45) is 2.42. The lowest BCUT2D eigenvalue weighted by molar-refractivity contribution is -0.645. The van der Waals surface area contributed by atoms with E-state index >= 15 is 0 Å². The van der Waals surface area contributed by atoms with Gasteiger partial charge in [0.2, 0.25) is 6.33 Å². The Morgan fingerprint density at radius 1 is 1.20 bits per heavy atom. The molecule has 134 valence electrons. The normalized spacial score (nSPS) is 12.0. The fraction of sp³-hybridized carbons (Fsp3) is 0.350. The van der Waals surface area contributed by atoms with Crippen molar-refractivity contribution in [3.8, 4) is 5.75 Å². The van der Waals surface area contributed by atoms with E-state index in [1.165, 1.54) is 11.1 Å². The molecule has 3 aromatic rings. The van der Waals surface area contributed by atoms with Gasteiger partial charge in [0.05, 0.1) is 7.05 Å². The molecule has 1 heterocycles. The standard InChI is InChI=1S/C20H25N2O2.HI/c1-4-16-9-15(2)10-18(11-16)24-13-17(23)12-22-14-21(3)19-7-5-6-8-20(19)22;/h5-11,14,17,23H,4,12-13H2,1-3H3;1H/q+1;/p-1. The molecule has 1 unspecified atom stereocenters. The van der Waals surface area contributed by atoms with Gasteiger partial charge in [0.1, 0.15) is 25.0 Å². The van der Waals surface area contributed by atoms with Crippen LogP contribution < -0.4 is 33.3 Å². The lowest BCUT2D eigenvalue weighted by Crippen LogP contribution is -3.00. The number of ether oxygens (including phenoxy) is 1. The zero-order chi connectivity index (χ0) is 17.1. The molecule has 0 radical (unpaired) electrons. The molecule has 3 rings (SSSR count). The van der Waals surface area contributed by atoms with E-state index in [1.54, 1.807) is 0 Å². The van der Waals surface area contributed by atoms with E-state index in [9.17, 15) is 5.11 Å². The number of benzene rings is 2. The fourth-order valence-electron chi connectivity index (χ4n) is 3.07. The summed E-state index contributed by atoms with van der Waals surface area (Å²) in [5.74, 6) is 0.828. The molecule has 2 aromatic carbocycles. The van der Waals surface area contributed by atoms with Crippen molar-refractivity contribution < 1.29 is 38.4 Å². The average molecular weight is 452 g/mol. The number of halogens is 1. The summed E-state index contributed by atoms with van der Waals surface area (Å²) in [5, 5.41) is 10.4. The maximum Gasteiger partial charge on any atom is 0.244 e. The van der Waals surface area contributed by atoms with E-state index in [4.69, 9.17) is 4.74 Å². The monoisotopic (exact) mass is 452 g/mol. The van der Waals surface area contributed by atoms with Crippen LogP contribution in [0.25, 0.3) is 11.0 Å². The lowest BCUT2D eigenvalue weighted by atomic mass is 10.1. The number of para-hydroxylation sites is 2. The number of hydrogen-bond acceptors (Lipinski definition) is 2. The summed E-state index contributed by atoms with van der Waals surface area (Å²) in [4.78, 5) is 0. The maximum absolute atomic E-state index is 10.4. The summed E-state index contributed by atoms with van der Waals surface area (Å²) < 4.78 is 9.95. The Kier molecular flexibility index (Phi) is 6.84. The van der Waals surface area contributed by atoms with Crippen molar-refractivity contribution in [2.24, 2.45) is 7.05 Å². The molecule has 25 heavy (non-hydrogen) atoms. The summed E-state index contributed by atoms with van der Waals surface area (Å²) in [6, 6.07) is 14.4. The second kappa shape index (κ2) is 8.67. The first kappa shape index (κ1) is 19.7. The SMILES string of the molecule is CCc1cc(C)cc(OCC(O)Cn2c[n+](C)c3ccccc32)c1.[I-]. The van der Waals surface area contributed by atoms with Gasteiger partial charge in [0.15, 0.2) is 11.0 Å². The number of rotatable bonds is 6. The third-order valence-electron chi connectivity index (χ3n) is 4.25. The molecular weight excluding hydrogens is 427 g/mol. The van der Waals surface area contributed by atoms with Crippen molar-refractivity contribution in [1.82, 2.24) is 4.57 Å². The highest BCUT2D eigenvalue weighted by Crippen LogP contribution is 2.18. The van der Waals surface area contributed by atoms with Crippen molar-refractivity contribution in [3.63, 3.8) is 0 Å². The minimum Gasteiger partial charge on any atom is -1.00 e. The van der Waals surface area contributed by atoms with Crippen LogP contribution in [-0.4, -0.2) is 22.4 Å². The molecule has 0 bridgehead atoms. The van der Waals surface area contributed by atoms with Crippen LogP contribution in [0.1, 0.15) is 18.1 Å². The van der Waals surface area contributed by atoms with Crippen LogP contribution in [-0.2, 0) is 20.0 Å². The Balaban J connectivity index is 0.00000225. The molecule has 1 atom stereocenters. The minimum atomic E-state index is -0.564. The van der Waals surface area contributed by atoms with E-state index in [0.717, 1.165) is 23.2 Å². The van der Waals surface area contributed by atoms with Crippen LogP contribution in [0.4, 0.5) is 0 Å². The van der Waals surface area contributed by atoms with E-state index in [2.05, 4.69) is 41.2 Å². The Labute approximate surface area is 166 Å². The molecule has 0 aliphatic heterocycles. The van der Waals surface area contributed by atoms with Gasteiger partial charge in [0.25, 0.3) is 0 Å². The molecule has 0 saturated carbocycles. The first-order chi connectivity index (χ1) is 11.6. The molecule has 0 fully saturated rings. The Morgan fingerprint density at radius 3 is 2.72 bits per heavy atom. The van der Waals surface area contributed by atoms with Crippen molar-refractivity contribution in [1.29, 1.82) is 0 Å². The molecule has 4 nitrogen and oxygen atoms in total. The summed E-state index contributed by atoms with van der Waals surface area (Å²) in [6.45, 7) is 4.98. The number of imidazole rings is 1. The number of aromatic nitrogens is 2. The molecule has 1 N–H and O–H groups in total. The number of hydrogen-bond donors (Lipinski definition) is 1. The van der Waals surface area contributed by atoms with E-state index < -0.39 is 6.10 Å². The summed E-state index contributed by atoms with van der Waals surface area (Å²) >= 11 is 0. The molecule has 0 aliphatic carbocycles. The number of aliphatic hydroxyl groups excluding tert-OH is 1. The molecule has 0 aliphatic rings.